The Hall–Kier alpha value is -3.02. The van der Waals surface area contributed by atoms with Crippen LogP contribution in [-0.2, 0) is 0 Å². The van der Waals surface area contributed by atoms with Crippen molar-refractivity contribution in [2.24, 2.45) is 5.92 Å². The van der Waals surface area contributed by atoms with Gasteiger partial charge in [0, 0.05) is 41.6 Å². The Labute approximate surface area is 157 Å². The third-order valence-electron chi connectivity index (χ3n) is 5.05. The molecule has 1 fully saturated rings. The molecule has 2 atom stereocenters. The second kappa shape index (κ2) is 7.31. The van der Waals surface area contributed by atoms with Crippen molar-refractivity contribution in [1.29, 1.82) is 0 Å². The van der Waals surface area contributed by atoms with Crippen LogP contribution in [0.25, 0.3) is 11.1 Å². The Morgan fingerprint density at radius 1 is 1.11 bits per heavy atom. The average molecular weight is 363 g/mol. The molecular weight excluding hydrogens is 342 g/mol. The maximum atomic E-state index is 11.2. The predicted molar refractivity (Wildman–Crippen MR) is 101 cm³/mol. The number of hydrogen-bond acceptors (Lipinski definition) is 6. The van der Waals surface area contributed by atoms with Gasteiger partial charge in [-0.3, -0.25) is 4.98 Å². The van der Waals surface area contributed by atoms with Crippen LogP contribution in [0.5, 0.6) is 5.88 Å². The third-order valence-corrected chi connectivity index (χ3v) is 5.05. The van der Waals surface area contributed by atoms with Crippen LogP contribution in [-0.4, -0.2) is 21.6 Å². The van der Waals surface area contributed by atoms with Gasteiger partial charge in [0.05, 0.1) is 12.2 Å². The standard InChI is InChI=1S/C21H21N3O3/c1-13-3-7-19(23-9-13)17-6-4-15(17)12-27-21-18(10-22-14(2)24-21)16-5-8-20(25)26-11-16/h3,5,7-11,15,17H,4,6,12H2,1-2H3. The van der Waals surface area contributed by atoms with E-state index in [2.05, 4.69) is 27.1 Å². The number of ether oxygens (including phenoxy) is 1. The van der Waals surface area contributed by atoms with Crippen molar-refractivity contribution in [1.82, 2.24) is 15.0 Å². The van der Waals surface area contributed by atoms with Gasteiger partial charge in [-0.25, -0.2) is 9.78 Å². The van der Waals surface area contributed by atoms with Gasteiger partial charge in [-0.05, 0) is 44.4 Å². The molecular formula is C21H21N3O3. The zero-order valence-corrected chi connectivity index (χ0v) is 15.4. The molecule has 1 aliphatic rings. The van der Waals surface area contributed by atoms with E-state index in [-0.39, 0.29) is 0 Å². The summed E-state index contributed by atoms with van der Waals surface area (Å²) in [6, 6.07) is 7.28. The summed E-state index contributed by atoms with van der Waals surface area (Å²) in [4.78, 5) is 24.5. The third kappa shape index (κ3) is 3.74. The number of hydrogen-bond donors (Lipinski definition) is 0. The Morgan fingerprint density at radius 2 is 2.00 bits per heavy atom. The molecule has 6 heteroatoms. The normalized spacial score (nSPS) is 18.7. The molecule has 27 heavy (non-hydrogen) atoms. The molecule has 0 spiro atoms. The molecule has 0 radical (unpaired) electrons. The van der Waals surface area contributed by atoms with Crippen LogP contribution >= 0.6 is 0 Å². The lowest BCUT2D eigenvalue weighted by atomic mass is 9.72. The molecule has 0 aromatic carbocycles. The van der Waals surface area contributed by atoms with Gasteiger partial charge >= 0.3 is 5.63 Å². The highest BCUT2D eigenvalue weighted by Crippen LogP contribution is 2.42. The van der Waals surface area contributed by atoms with Crippen molar-refractivity contribution in [2.45, 2.75) is 32.6 Å². The number of aryl methyl sites for hydroxylation is 2. The van der Waals surface area contributed by atoms with Crippen molar-refractivity contribution in [3.05, 3.63) is 70.4 Å². The van der Waals surface area contributed by atoms with Crippen LogP contribution in [0.4, 0.5) is 0 Å². The van der Waals surface area contributed by atoms with Gasteiger partial charge in [-0.2, -0.15) is 4.98 Å². The molecule has 2 unspecified atom stereocenters. The summed E-state index contributed by atoms with van der Waals surface area (Å²) in [6.45, 7) is 4.44. The van der Waals surface area contributed by atoms with E-state index >= 15 is 0 Å². The quantitative estimate of drug-likeness (QED) is 0.688. The van der Waals surface area contributed by atoms with Crippen molar-refractivity contribution in [3.8, 4) is 17.0 Å². The minimum absolute atomic E-state index is 0.392. The maximum Gasteiger partial charge on any atom is 0.335 e. The van der Waals surface area contributed by atoms with E-state index in [0.717, 1.165) is 24.1 Å². The van der Waals surface area contributed by atoms with Crippen LogP contribution in [0, 0.1) is 19.8 Å². The topological polar surface area (TPSA) is 78.1 Å². The smallest absolute Gasteiger partial charge is 0.335 e. The minimum atomic E-state index is -0.392. The molecule has 0 bridgehead atoms. The lowest BCUT2D eigenvalue weighted by Crippen LogP contribution is -2.30. The molecule has 3 aromatic rings. The molecule has 6 nitrogen and oxygen atoms in total. The van der Waals surface area contributed by atoms with Gasteiger partial charge in [0.15, 0.2) is 0 Å². The predicted octanol–water partition coefficient (Wildman–Crippen LogP) is 3.68. The Balaban J connectivity index is 1.51. The number of rotatable bonds is 5. The van der Waals surface area contributed by atoms with E-state index in [1.807, 2.05) is 20.0 Å². The molecule has 3 aromatic heterocycles. The molecule has 3 heterocycles. The largest absolute Gasteiger partial charge is 0.477 e. The first-order valence-electron chi connectivity index (χ1n) is 9.08. The lowest BCUT2D eigenvalue weighted by molar-refractivity contribution is 0.145. The summed E-state index contributed by atoms with van der Waals surface area (Å²) < 4.78 is 11.0. The Bertz CT molecular complexity index is 978. The minimum Gasteiger partial charge on any atom is -0.477 e. The van der Waals surface area contributed by atoms with E-state index in [4.69, 9.17) is 9.15 Å². The zero-order chi connectivity index (χ0) is 18.8. The first-order chi connectivity index (χ1) is 13.1. The van der Waals surface area contributed by atoms with Crippen molar-refractivity contribution < 1.29 is 9.15 Å². The van der Waals surface area contributed by atoms with E-state index < -0.39 is 5.63 Å². The van der Waals surface area contributed by atoms with E-state index in [1.54, 1.807) is 12.3 Å². The van der Waals surface area contributed by atoms with E-state index in [0.29, 0.717) is 35.7 Å². The van der Waals surface area contributed by atoms with Gasteiger partial charge in [0.1, 0.15) is 12.1 Å². The van der Waals surface area contributed by atoms with E-state index in [9.17, 15) is 4.79 Å². The van der Waals surface area contributed by atoms with Gasteiger partial charge in [-0.15, -0.1) is 0 Å². The molecule has 138 valence electrons. The lowest BCUT2D eigenvalue weighted by Gasteiger charge is -2.36. The molecule has 1 aliphatic carbocycles. The summed E-state index contributed by atoms with van der Waals surface area (Å²) in [5.74, 6) is 1.99. The van der Waals surface area contributed by atoms with Crippen molar-refractivity contribution >= 4 is 0 Å². The fraction of sp³-hybridized carbons (Fsp3) is 0.333. The first kappa shape index (κ1) is 17.4. The highest BCUT2D eigenvalue weighted by atomic mass is 16.5. The fourth-order valence-corrected chi connectivity index (χ4v) is 3.31. The number of pyridine rings is 1. The first-order valence-corrected chi connectivity index (χ1v) is 9.08. The molecule has 4 rings (SSSR count). The number of aromatic nitrogens is 3. The van der Waals surface area contributed by atoms with Crippen LogP contribution in [0.15, 0.2) is 52.1 Å². The molecule has 0 aliphatic heterocycles. The fourth-order valence-electron chi connectivity index (χ4n) is 3.31. The highest BCUT2D eigenvalue weighted by molar-refractivity contribution is 5.66. The molecule has 0 amide bonds. The van der Waals surface area contributed by atoms with Gasteiger partial charge < -0.3 is 9.15 Å². The molecule has 0 saturated heterocycles. The highest BCUT2D eigenvalue weighted by Gasteiger charge is 2.34. The summed E-state index contributed by atoms with van der Waals surface area (Å²) in [7, 11) is 0. The van der Waals surface area contributed by atoms with Crippen molar-refractivity contribution in [3.63, 3.8) is 0 Å². The Kier molecular flexibility index (Phi) is 4.71. The molecule has 0 N–H and O–H groups in total. The average Bonchev–Trinajstić information content (AvgIpc) is 2.64. The van der Waals surface area contributed by atoms with Crippen molar-refractivity contribution in [2.75, 3.05) is 6.61 Å². The van der Waals surface area contributed by atoms with Crippen LogP contribution < -0.4 is 10.4 Å². The van der Waals surface area contributed by atoms with Crippen LogP contribution in [0.2, 0.25) is 0 Å². The van der Waals surface area contributed by atoms with Crippen LogP contribution in [0.3, 0.4) is 0 Å². The maximum absolute atomic E-state index is 11.2. The number of nitrogens with zero attached hydrogens (tertiary/aromatic N) is 3. The second-order valence-corrected chi connectivity index (χ2v) is 6.99. The van der Waals surface area contributed by atoms with E-state index in [1.165, 1.54) is 17.9 Å². The second-order valence-electron chi connectivity index (χ2n) is 6.99. The monoisotopic (exact) mass is 363 g/mol. The SMILES string of the molecule is Cc1ccc(C2CCC2COc2nc(C)ncc2-c2ccc(=O)oc2)nc1. The summed E-state index contributed by atoms with van der Waals surface area (Å²) in [5.41, 5.74) is 3.34. The van der Waals surface area contributed by atoms with Crippen LogP contribution in [0.1, 0.15) is 35.8 Å². The van der Waals surface area contributed by atoms with Gasteiger partial charge in [-0.1, -0.05) is 6.07 Å². The Morgan fingerprint density at radius 3 is 2.67 bits per heavy atom. The summed E-state index contributed by atoms with van der Waals surface area (Å²) in [6.07, 6.45) is 7.27. The molecule has 1 saturated carbocycles. The van der Waals surface area contributed by atoms with Gasteiger partial charge in [0.25, 0.3) is 0 Å². The summed E-state index contributed by atoms with van der Waals surface area (Å²) >= 11 is 0. The summed E-state index contributed by atoms with van der Waals surface area (Å²) in [5, 5.41) is 0. The van der Waals surface area contributed by atoms with Gasteiger partial charge in [0.2, 0.25) is 5.88 Å². The zero-order valence-electron chi connectivity index (χ0n) is 15.4.